The summed E-state index contributed by atoms with van der Waals surface area (Å²) in [5, 5.41) is 11.0. The van der Waals surface area contributed by atoms with E-state index >= 15 is 0 Å². The lowest BCUT2D eigenvalue weighted by molar-refractivity contribution is -0.182. The number of fused-ring (bicyclic) bond motifs is 1. The molecule has 28 heavy (non-hydrogen) atoms. The van der Waals surface area contributed by atoms with Crippen LogP contribution < -0.4 is 5.48 Å². The van der Waals surface area contributed by atoms with Gasteiger partial charge in [-0.2, -0.15) is 5.48 Å². The molecule has 1 aliphatic heterocycles. The van der Waals surface area contributed by atoms with E-state index in [1.165, 1.54) is 0 Å². The van der Waals surface area contributed by atoms with Crippen molar-refractivity contribution in [3.63, 3.8) is 0 Å². The molecule has 0 unspecified atom stereocenters. The Morgan fingerprint density at radius 3 is 2.32 bits per heavy atom. The number of benzene rings is 1. The maximum atomic E-state index is 10.9. The predicted octanol–water partition coefficient (Wildman–Crippen LogP) is 3.36. The highest BCUT2D eigenvalue weighted by Crippen LogP contribution is 2.44. The predicted molar refractivity (Wildman–Crippen MR) is 110 cm³/mol. The van der Waals surface area contributed by atoms with Crippen molar-refractivity contribution in [2.24, 2.45) is 0 Å². The average Bonchev–Trinajstić information content (AvgIpc) is 3.01. The van der Waals surface area contributed by atoms with Crippen LogP contribution in [0.2, 0.25) is 18.1 Å². The summed E-state index contributed by atoms with van der Waals surface area (Å²) in [4.78, 5) is 5.74. The molecule has 0 bridgehead atoms. The summed E-state index contributed by atoms with van der Waals surface area (Å²) in [6.45, 7) is 15.2. The van der Waals surface area contributed by atoms with Crippen molar-refractivity contribution in [1.29, 1.82) is 0 Å². The van der Waals surface area contributed by atoms with Crippen molar-refractivity contribution in [3.05, 3.63) is 35.9 Å². The zero-order valence-corrected chi connectivity index (χ0v) is 19.1. The van der Waals surface area contributed by atoms with Crippen molar-refractivity contribution < 1.29 is 23.8 Å². The van der Waals surface area contributed by atoms with E-state index in [9.17, 15) is 5.11 Å². The minimum absolute atomic E-state index is 0.0421. The molecule has 0 amide bonds. The maximum absolute atomic E-state index is 10.9. The molecule has 158 valence electrons. The molecule has 0 aromatic heterocycles. The summed E-state index contributed by atoms with van der Waals surface area (Å²) in [7, 11) is -2.09. The first kappa shape index (κ1) is 21.9. The third kappa shape index (κ3) is 4.51. The van der Waals surface area contributed by atoms with Gasteiger partial charge in [-0.25, -0.2) is 0 Å². The molecule has 2 N–H and O–H groups in total. The van der Waals surface area contributed by atoms with Crippen LogP contribution in [0.5, 0.6) is 0 Å². The fourth-order valence-corrected chi connectivity index (χ4v) is 4.84. The summed E-state index contributed by atoms with van der Waals surface area (Å²) in [5.41, 5.74) is 4.10. The minimum atomic E-state index is -2.09. The number of rotatable bonds is 6. The fraction of sp³-hybridized carbons (Fsp3) is 0.714. The summed E-state index contributed by atoms with van der Waals surface area (Å²) >= 11 is 0. The first-order valence-corrected chi connectivity index (χ1v) is 12.9. The lowest BCUT2D eigenvalue weighted by atomic mass is 10.2. The molecule has 0 radical (unpaired) electrons. The number of hydrogen-bond donors (Lipinski definition) is 2. The van der Waals surface area contributed by atoms with E-state index in [-0.39, 0.29) is 17.2 Å². The monoisotopic (exact) mass is 409 g/mol. The van der Waals surface area contributed by atoms with Crippen molar-refractivity contribution in [2.45, 2.75) is 95.6 Å². The lowest BCUT2D eigenvalue weighted by Crippen LogP contribution is -2.54. The molecule has 2 fully saturated rings. The summed E-state index contributed by atoms with van der Waals surface area (Å²) in [6, 6.07) is 9.49. The molecule has 2 aliphatic rings. The number of aliphatic hydroxyl groups is 1. The van der Waals surface area contributed by atoms with Gasteiger partial charge < -0.3 is 19.0 Å². The first-order chi connectivity index (χ1) is 12.9. The van der Waals surface area contributed by atoms with Crippen molar-refractivity contribution >= 4 is 8.32 Å². The lowest BCUT2D eigenvalue weighted by Gasteiger charge is -2.41. The van der Waals surface area contributed by atoms with Gasteiger partial charge in [0.15, 0.2) is 14.1 Å². The maximum Gasteiger partial charge on any atom is 0.192 e. The normalized spacial score (nSPS) is 32.5. The van der Waals surface area contributed by atoms with Crippen LogP contribution in [0.25, 0.3) is 0 Å². The van der Waals surface area contributed by atoms with Gasteiger partial charge in [-0.1, -0.05) is 51.1 Å². The second-order valence-electron chi connectivity index (χ2n) is 9.82. The number of nitrogens with one attached hydrogen (secondary N) is 1. The van der Waals surface area contributed by atoms with E-state index in [1.807, 2.05) is 44.2 Å². The molecule has 1 heterocycles. The zero-order chi connectivity index (χ0) is 20.7. The van der Waals surface area contributed by atoms with Gasteiger partial charge >= 0.3 is 0 Å². The molecule has 1 saturated carbocycles. The molecule has 1 saturated heterocycles. The first-order valence-electron chi connectivity index (χ1n) is 10.0. The number of ether oxygens (including phenoxy) is 2. The van der Waals surface area contributed by atoms with Crippen molar-refractivity contribution in [2.75, 3.05) is 0 Å². The largest absolute Gasteiger partial charge is 0.409 e. The van der Waals surface area contributed by atoms with Crippen molar-refractivity contribution in [1.82, 2.24) is 5.48 Å². The SMILES string of the molecule is CC1(C)O[C@@H]2[C@H](O1)[C@H](O)[C@@H](NOCc1ccccc1)[C@H]2O[Si](C)(C)C(C)(C)C. The van der Waals surface area contributed by atoms with E-state index in [1.54, 1.807) is 0 Å². The Hall–Kier alpha value is -0.803. The third-order valence-corrected chi connectivity index (χ3v) is 10.6. The van der Waals surface area contributed by atoms with E-state index in [0.717, 1.165) is 5.56 Å². The standard InChI is InChI=1S/C21H35NO5Si/c1-20(2,3)28(6,7)27-17-15(22-24-13-14-11-9-8-10-12-14)16(23)18-19(17)26-21(4,5)25-18/h8-12,15-19,22-23H,13H2,1-7H3/t15-,16-,17-,18-,19+/m1/s1. The van der Waals surface area contributed by atoms with Gasteiger partial charge in [0.2, 0.25) is 0 Å². The van der Waals surface area contributed by atoms with Gasteiger partial charge in [0.1, 0.15) is 18.3 Å². The van der Waals surface area contributed by atoms with Crippen LogP contribution in [0.1, 0.15) is 40.2 Å². The van der Waals surface area contributed by atoms with Gasteiger partial charge in [0, 0.05) is 0 Å². The second-order valence-corrected chi connectivity index (χ2v) is 14.6. The number of hydroxylamine groups is 1. The Kier molecular flexibility index (Phi) is 6.09. The molecule has 1 aromatic carbocycles. The van der Waals surface area contributed by atoms with E-state index in [0.29, 0.717) is 6.61 Å². The smallest absolute Gasteiger partial charge is 0.192 e. The van der Waals surface area contributed by atoms with Crippen LogP contribution >= 0.6 is 0 Å². The van der Waals surface area contributed by atoms with Gasteiger partial charge in [-0.05, 0) is 37.5 Å². The molecular formula is C21H35NO5Si. The van der Waals surface area contributed by atoms with Gasteiger partial charge in [-0.15, -0.1) is 0 Å². The Labute approximate surface area is 169 Å². The molecule has 3 rings (SSSR count). The molecule has 0 spiro atoms. The van der Waals surface area contributed by atoms with Crippen LogP contribution in [0, 0.1) is 0 Å². The van der Waals surface area contributed by atoms with E-state index in [2.05, 4.69) is 39.3 Å². The average molecular weight is 410 g/mol. The molecule has 6 nitrogen and oxygen atoms in total. The van der Waals surface area contributed by atoms with Crippen LogP contribution in [0.4, 0.5) is 0 Å². The van der Waals surface area contributed by atoms with Crippen LogP contribution in [-0.2, 0) is 25.3 Å². The Bertz CT molecular complexity index is 661. The van der Waals surface area contributed by atoms with Crippen LogP contribution in [-0.4, -0.2) is 49.7 Å². The Morgan fingerprint density at radius 1 is 1.11 bits per heavy atom. The molecule has 1 aromatic rings. The topological polar surface area (TPSA) is 69.2 Å². The quantitative estimate of drug-likeness (QED) is 0.555. The molecule has 7 heteroatoms. The third-order valence-electron chi connectivity index (χ3n) is 6.08. The highest BCUT2D eigenvalue weighted by molar-refractivity contribution is 6.74. The van der Waals surface area contributed by atoms with Crippen molar-refractivity contribution in [3.8, 4) is 0 Å². The van der Waals surface area contributed by atoms with Crippen LogP contribution in [0.3, 0.4) is 0 Å². The van der Waals surface area contributed by atoms with Gasteiger partial charge in [-0.3, -0.25) is 4.84 Å². The fourth-order valence-electron chi connectivity index (χ4n) is 3.53. The summed E-state index contributed by atoms with van der Waals surface area (Å²) in [5.74, 6) is -0.735. The zero-order valence-electron chi connectivity index (χ0n) is 18.1. The number of hydrogen-bond acceptors (Lipinski definition) is 6. The summed E-state index contributed by atoms with van der Waals surface area (Å²) < 4.78 is 18.8. The molecule has 1 aliphatic carbocycles. The van der Waals surface area contributed by atoms with E-state index in [4.69, 9.17) is 18.7 Å². The van der Waals surface area contributed by atoms with E-state index < -0.39 is 32.4 Å². The highest BCUT2D eigenvalue weighted by Gasteiger charge is 2.61. The minimum Gasteiger partial charge on any atom is -0.409 e. The highest BCUT2D eigenvalue weighted by atomic mass is 28.4. The molecular weight excluding hydrogens is 374 g/mol. The Morgan fingerprint density at radius 2 is 1.71 bits per heavy atom. The van der Waals surface area contributed by atoms with Gasteiger partial charge in [0.25, 0.3) is 0 Å². The summed E-state index contributed by atoms with van der Waals surface area (Å²) in [6.07, 6.45) is -1.91. The van der Waals surface area contributed by atoms with Gasteiger partial charge in [0.05, 0.1) is 18.8 Å². The number of aliphatic hydroxyl groups excluding tert-OH is 1. The second kappa shape index (κ2) is 7.79. The van der Waals surface area contributed by atoms with Crippen LogP contribution in [0.15, 0.2) is 30.3 Å². The molecule has 5 atom stereocenters. The Balaban J connectivity index is 1.74.